The van der Waals surface area contributed by atoms with Gasteiger partial charge in [0.1, 0.15) is 0 Å². The maximum Gasteiger partial charge on any atom is 0.422 e. The standard InChI is InChI=1S/C19H22O2P/c1-14-8-7-9-15(2)18(14)19(20)22(21)16(3)12-13-17-10-5-4-6-11-17/h4-11,16H,12-13H2,1-3H3/q+1. The van der Waals surface area contributed by atoms with E-state index in [1.54, 1.807) is 0 Å². The van der Waals surface area contributed by atoms with E-state index in [9.17, 15) is 9.36 Å². The summed E-state index contributed by atoms with van der Waals surface area (Å²) < 4.78 is 12.6. The maximum absolute atomic E-state index is 12.6. The van der Waals surface area contributed by atoms with Crippen LogP contribution in [0.4, 0.5) is 0 Å². The molecule has 0 spiro atoms. The minimum Gasteiger partial charge on any atom is -0.234 e. The summed E-state index contributed by atoms with van der Waals surface area (Å²) in [7, 11) is -1.90. The topological polar surface area (TPSA) is 34.1 Å². The Labute approximate surface area is 133 Å². The van der Waals surface area contributed by atoms with Gasteiger partial charge in [0.15, 0.2) is 5.66 Å². The lowest BCUT2D eigenvalue weighted by Crippen LogP contribution is -2.07. The number of carbonyl (C=O) groups is 1. The molecule has 0 aromatic heterocycles. The minimum atomic E-state index is -1.90. The Morgan fingerprint density at radius 1 is 1.00 bits per heavy atom. The van der Waals surface area contributed by atoms with Crippen LogP contribution in [0, 0.1) is 13.8 Å². The van der Waals surface area contributed by atoms with E-state index in [0.29, 0.717) is 5.56 Å². The summed E-state index contributed by atoms with van der Waals surface area (Å²) in [5.41, 5.74) is 3.35. The van der Waals surface area contributed by atoms with Crippen LogP contribution >= 0.6 is 7.80 Å². The monoisotopic (exact) mass is 313 g/mol. The fourth-order valence-electron chi connectivity index (χ4n) is 2.60. The molecule has 0 fully saturated rings. The van der Waals surface area contributed by atoms with E-state index in [1.807, 2.05) is 57.2 Å². The molecule has 0 N–H and O–H groups in total. The van der Waals surface area contributed by atoms with E-state index < -0.39 is 7.80 Å². The lowest BCUT2D eigenvalue weighted by atomic mass is 10.0. The van der Waals surface area contributed by atoms with E-state index in [-0.39, 0.29) is 11.2 Å². The second-order valence-corrected chi connectivity index (χ2v) is 7.71. The second kappa shape index (κ2) is 7.47. The minimum absolute atomic E-state index is 0.110. The first-order valence-corrected chi connectivity index (χ1v) is 8.94. The molecule has 0 saturated carbocycles. The van der Waals surface area contributed by atoms with E-state index in [0.717, 1.165) is 24.0 Å². The molecule has 2 unspecified atom stereocenters. The van der Waals surface area contributed by atoms with Gasteiger partial charge in [-0.15, -0.1) is 0 Å². The van der Waals surface area contributed by atoms with Gasteiger partial charge in [0.25, 0.3) is 0 Å². The largest absolute Gasteiger partial charge is 0.422 e. The van der Waals surface area contributed by atoms with Crippen LogP contribution < -0.4 is 0 Å². The quantitative estimate of drug-likeness (QED) is 0.679. The molecule has 2 aromatic rings. The van der Waals surface area contributed by atoms with Gasteiger partial charge in [-0.05, 0) is 50.3 Å². The molecule has 2 aromatic carbocycles. The highest BCUT2D eigenvalue weighted by atomic mass is 31.1. The molecule has 0 saturated heterocycles. The molecular weight excluding hydrogens is 291 g/mol. The summed E-state index contributed by atoms with van der Waals surface area (Å²) >= 11 is 0. The fourth-order valence-corrected chi connectivity index (χ4v) is 3.94. The van der Waals surface area contributed by atoms with Crippen LogP contribution in [0.2, 0.25) is 0 Å². The number of hydrogen-bond donors (Lipinski definition) is 0. The summed E-state index contributed by atoms with van der Waals surface area (Å²) in [6, 6.07) is 15.8. The van der Waals surface area contributed by atoms with Crippen molar-refractivity contribution < 1.29 is 9.36 Å². The molecule has 3 heteroatoms. The zero-order valence-electron chi connectivity index (χ0n) is 13.4. The first-order valence-electron chi connectivity index (χ1n) is 7.61. The third kappa shape index (κ3) is 3.90. The average Bonchev–Trinajstić information content (AvgIpc) is 2.52. The second-order valence-electron chi connectivity index (χ2n) is 5.77. The zero-order chi connectivity index (χ0) is 16.1. The van der Waals surface area contributed by atoms with Crippen molar-refractivity contribution in [1.29, 1.82) is 0 Å². The van der Waals surface area contributed by atoms with Gasteiger partial charge in [-0.3, -0.25) is 0 Å². The predicted octanol–water partition coefficient (Wildman–Crippen LogP) is 5.29. The van der Waals surface area contributed by atoms with Crippen LogP contribution in [0.25, 0.3) is 0 Å². The summed E-state index contributed by atoms with van der Waals surface area (Å²) in [6.07, 6.45) is 1.61. The first-order chi connectivity index (χ1) is 10.5. The lowest BCUT2D eigenvalue weighted by Gasteiger charge is -2.05. The molecule has 0 aliphatic heterocycles. The molecule has 0 aliphatic rings. The van der Waals surface area contributed by atoms with E-state index >= 15 is 0 Å². The van der Waals surface area contributed by atoms with Crippen molar-refractivity contribution in [3.05, 3.63) is 70.8 Å². The van der Waals surface area contributed by atoms with Gasteiger partial charge in [-0.1, -0.05) is 53.1 Å². The van der Waals surface area contributed by atoms with Crippen molar-refractivity contribution in [1.82, 2.24) is 0 Å². The van der Waals surface area contributed by atoms with Gasteiger partial charge in [-0.25, -0.2) is 4.79 Å². The maximum atomic E-state index is 12.6. The van der Waals surface area contributed by atoms with Gasteiger partial charge in [0.2, 0.25) is 0 Å². The van der Waals surface area contributed by atoms with Crippen molar-refractivity contribution in [3.63, 3.8) is 0 Å². The van der Waals surface area contributed by atoms with Crippen molar-refractivity contribution in [3.8, 4) is 0 Å². The third-order valence-corrected chi connectivity index (χ3v) is 5.67. The number of benzene rings is 2. The first kappa shape index (κ1) is 16.6. The highest BCUT2D eigenvalue weighted by Gasteiger charge is 2.37. The van der Waals surface area contributed by atoms with E-state index in [4.69, 9.17) is 0 Å². The molecule has 22 heavy (non-hydrogen) atoms. The Bertz CT molecular complexity index is 657. The third-order valence-electron chi connectivity index (χ3n) is 3.99. The highest BCUT2D eigenvalue weighted by Crippen LogP contribution is 2.36. The summed E-state index contributed by atoms with van der Waals surface area (Å²) in [4.78, 5) is 12.6. The normalized spacial score (nSPS) is 12.8. The fraction of sp³-hybridized carbons (Fsp3) is 0.316. The Hall–Kier alpha value is -1.79. The SMILES string of the molecule is Cc1cccc(C)c1C(=O)[P+](=O)C(C)CCc1ccccc1. The molecule has 2 rings (SSSR count). The van der Waals surface area contributed by atoms with Gasteiger partial charge >= 0.3 is 13.3 Å². The predicted molar refractivity (Wildman–Crippen MR) is 92.1 cm³/mol. The molecule has 0 bridgehead atoms. The van der Waals surface area contributed by atoms with E-state index in [2.05, 4.69) is 12.1 Å². The Balaban J connectivity index is 2.05. The van der Waals surface area contributed by atoms with E-state index in [1.165, 1.54) is 5.56 Å². The Morgan fingerprint density at radius 3 is 2.18 bits per heavy atom. The Kier molecular flexibility index (Phi) is 5.63. The number of carbonyl (C=O) groups excluding carboxylic acids is 1. The van der Waals surface area contributed by atoms with Crippen molar-refractivity contribution in [2.45, 2.75) is 39.3 Å². The van der Waals surface area contributed by atoms with Crippen LogP contribution in [0.1, 0.15) is 40.4 Å². The molecule has 0 amide bonds. The average molecular weight is 313 g/mol. The van der Waals surface area contributed by atoms with Gasteiger partial charge in [0, 0.05) is 0 Å². The van der Waals surface area contributed by atoms with Crippen LogP contribution in [0.5, 0.6) is 0 Å². The van der Waals surface area contributed by atoms with Gasteiger partial charge in [0.05, 0.1) is 5.56 Å². The van der Waals surface area contributed by atoms with Crippen LogP contribution in [-0.2, 0) is 11.0 Å². The molecule has 2 atom stereocenters. The van der Waals surface area contributed by atoms with Crippen molar-refractivity contribution in [2.75, 3.05) is 0 Å². The molecule has 2 nitrogen and oxygen atoms in total. The molecule has 0 radical (unpaired) electrons. The highest BCUT2D eigenvalue weighted by molar-refractivity contribution is 7.65. The molecule has 114 valence electrons. The zero-order valence-corrected chi connectivity index (χ0v) is 14.3. The number of hydrogen-bond acceptors (Lipinski definition) is 2. The summed E-state index contributed by atoms with van der Waals surface area (Å²) in [5, 5.41) is 0. The van der Waals surface area contributed by atoms with Crippen LogP contribution in [0.15, 0.2) is 48.5 Å². The molecular formula is C19H22O2P+. The smallest absolute Gasteiger partial charge is 0.234 e. The van der Waals surface area contributed by atoms with Crippen LogP contribution in [-0.4, -0.2) is 11.2 Å². The summed E-state index contributed by atoms with van der Waals surface area (Å²) in [6.45, 7) is 5.71. The Morgan fingerprint density at radius 2 is 1.59 bits per heavy atom. The molecule has 0 aliphatic carbocycles. The number of aryl methyl sites for hydroxylation is 3. The number of rotatable bonds is 6. The summed E-state index contributed by atoms with van der Waals surface area (Å²) in [5.74, 6) is 0. The van der Waals surface area contributed by atoms with Crippen LogP contribution in [0.3, 0.4) is 0 Å². The lowest BCUT2D eigenvalue weighted by molar-refractivity contribution is 0.107. The van der Waals surface area contributed by atoms with Crippen molar-refractivity contribution >= 4 is 13.3 Å². The van der Waals surface area contributed by atoms with Gasteiger partial charge in [-0.2, -0.15) is 0 Å². The van der Waals surface area contributed by atoms with Gasteiger partial charge < -0.3 is 0 Å². The molecule has 0 heterocycles. The van der Waals surface area contributed by atoms with Crippen molar-refractivity contribution in [2.24, 2.45) is 0 Å².